The van der Waals surface area contributed by atoms with Crippen LogP contribution in [0.5, 0.6) is 0 Å². The Balaban J connectivity index is 1.85. The Kier molecular flexibility index (Phi) is 4.68. The van der Waals surface area contributed by atoms with E-state index in [-0.39, 0.29) is 5.60 Å². The molecule has 0 radical (unpaired) electrons. The van der Waals surface area contributed by atoms with Crippen molar-refractivity contribution >= 4 is 0 Å². The molecule has 1 aliphatic heterocycles. The van der Waals surface area contributed by atoms with E-state index in [4.69, 9.17) is 4.74 Å². The van der Waals surface area contributed by atoms with Gasteiger partial charge < -0.3 is 15.0 Å². The molecule has 2 aliphatic rings. The molecule has 1 N–H and O–H groups in total. The summed E-state index contributed by atoms with van der Waals surface area (Å²) in [5.41, 5.74) is 0.0688. The molecule has 1 atom stereocenters. The quantitative estimate of drug-likeness (QED) is 0.837. The van der Waals surface area contributed by atoms with Crippen LogP contribution in [0.25, 0.3) is 0 Å². The van der Waals surface area contributed by atoms with Gasteiger partial charge in [0, 0.05) is 24.7 Å². The molecule has 1 unspecified atom stereocenters. The Morgan fingerprint density at radius 1 is 1.06 bits per heavy atom. The zero-order valence-corrected chi connectivity index (χ0v) is 12.5. The summed E-state index contributed by atoms with van der Waals surface area (Å²) >= 11 is 0. The Morgan fingerprint density at radius 3 is 2.28 bits per heavy atom. The Bertz CT molecular complexity index is 259. The minimum atomic E-state index is 0.0688. The van der Waals surface area contributed by atoms with E-state index in [9.17, 15) is 0 Å². The van der Waals surface area contributed by atoms with Crippen LogP contribution in [0.15, 0.2) is 0 Å². The minimum absolute atomic E-state index is 0.0688. The highest BCUT2D eigenvalue weighted by atomic mass is 16.5. The van der Waals surface area contributed by atoms with Gasteiger partial charge in [-0.1, -0.05) is 0 Å². The lowest BCUT2D eigenvalue weighted by molar-refractivity contribution is -0.0869. The van der Waals surface area contributed by atoms with Crippen LogP contribution in [-0.4, -0.2) is 49.3 Å². The molecule has 3 nitrogen and oxygen atoms in total. The molecule has 0 bridgehead atoms. The summed E-state index contributed by atoms with van der Waals surface area (Å²) in [6.07, 6.45) is 7.73. The fourth-order valence-corrected chi connectivity index (χ4v) is 3.62. The fraction of sp³-hybridized carbons (Fsp3) is 1.00. The number of rotatable bonds is 3. The third kappa shape index (κ3) is 3.46. The summed E-state index contributed by atoms with van der Waals surface area (Å²) in [4.78, 5) is 2.65. The number of hydrogen-bond acceptors (Lipinski definition) is 3. The Morgan fingerprint density at radius 2 is 1.72 bits per heavy atom. The predicted molar refractivity (Wildman–Crippen MR) is 75.9 cm³/mol. The summed E-state index contributed by atoms with van der Waals surface area (Å²) in [5, 5.41) is 3.42. The van der Waals surface area contributed by atoms with E-state index < -0.39 is 0 Å². The molecule has 0 spiro atoms. The summed E-state index contributed by atoms with van der Waals surface area (Å²) in [7, 11) is 4.42. The minimum Gasteiger partial charge on any atom is -0.375 e. The molecule has 2 fully saturated rings. The first-order valence-electron chi connectivity index (χ1n) is 7.55. The largest absolute Gasteiger partial charge is 0.375 e. The molecule has 1 heterocycles. The van der Waals surface area contributed by atoms with Gasteiger partial charge in [-0.3, -0.25) is 0 Å². The van der Waals surface area contributed by atoms with Crippen molar-refractivity contribution in [2.24, 2.45) is 0 Å². The van der Waals surface area contributed by atoms with Gasteiger partial charge in [-0.25, -0.2) is 0 Å². The van der Waals surface area contributed by atoms with Crippen molar-refractivity contribution in [3.8, 4) is 0 Å². The molecule has 3 heteroatoms. The van der Waals surface area contributed by atoms with Gasteiger partial charge in [0.2, 0.25) is 0 Å². The first-order chi connectivity index (χ1) is 8.52. The van der Waals surface area contributed by atoms with Crippen molar-refractivity contribution < 1.29 is 4.74 Å². The summed E-state index contributed by atoms with van der Waals surface area (Å²) in [6, 6.07) is 2.25. The highest BCUT2D eigenvalue weighted by Gasteiger charge is 2.34. The molecule has 18 heavy (non-hydrogen) atoms. The van der Waals surface area contributed by atoms with Gasteiger partial charge in [-0.15, -0.1) is 0 Å². The van der Waals surface area contributed by atoms with Gasteiger partial charge in [0.15, 0.2) is 0 Å². The first-order valence-corrected chi connectivity index (χ1v) is 7.55. The second kappa shape index (κ2) is 5.89. The van der Waals surface area contributed by atoms with E-state index in [0.29, 0.717) is 6.04 Å². The number of hydrogen-bond donors (Lipinski definition) is 1. The molecular formula is C15H30N2O. The number of nitrogens with zero attached hydrogens (tertiary/aromatic N) is 1. The van der Waals surface area contributed by atoms with Gasteiger partial charge in [0.25, 0.3) is 0 Å². The standard InChI is InChI=1S/C15H30N2O/c1-15(2)11-14(9-10-18-15)17(4)13-7-5-12(16-3)6-8-13/h12-14,16H,5-11H2,1-4H3. The maximum absolute atomic E-state index is 5.83. The molecule has 0 aromatic carbocycles. The van der Waals surface area contributed by atoms with Crippen LogP contribution in [0.3, 0.4) is 0 Å². The number of ether oxygens (including phenoxy) is 1. The molecular weight excluding hydrogens is 224 g/mol. The molecule has 106 valence electrons. The normalized spacial score (nSPS) is 36.8. The zero-order valence-electron chi connectivity index (χ0n) is 12.5. The topological polar surface area (TPSA) is 24.5 Å². The van der Waals surface area contributed by atoms with E-state index in [2.05, 4.69) is 38.2 Å². The summed E-state index contributed by atoms with van der Waals surface area (Å²) in [6.45, 7) is 5.38. The third-order valence-electron chi connectivity index (χ3n) is 4.93. The highest BCUT2D eigenvalue weighted by molar-refractivity contribution is 4.89. The maximum Gasteiger partial charge on any atom is 0.0641 e. The lowest BCUT2D eigenvalue weighted by Gasteiger charge is -2.44. The maximum atomic E-state index is 5.83. The molecule has 1 saturated heterocycles. The lowest BCUT2D eigenvalue weighted by Crippen LogP contribution is -2.50. The van der Waals surface area contributed by atoms with E-state index in [1.165, 1.54) is 38.5 Å². The molecule has 0 aromatic heterocycles. The smallest absolute Gasteiger partial charge is 0.0641 e. The average Bonchev–Trinajstić information content (AvgIpc) is 2.37. The fourth-order valence-electron chi connectivity index (χ4n) is 3.62. The van der Waals surface area contributed by atoms with Crippen molar-refractivity contribution in [2.75, 3.05) is 20.7 Å². The van der Waals surface area contributed by atoms with Crippen LogP contribution in [0, 0.1) is 0 Å². The second-order valence-electron chi connectivity index (χ2n) is 6.71. The van der Waals surface area contributed by atoms with Crippen molar-refractivity contribution in [3.63, 3.8) is 0 Å². The third-order valence-corrected chi connectivity index (χ3v) is 4.93. The summed E-state index contributed by atoms with van der Waals surface area (Å²) in [5.74, 6) is 0. The highest BCUT2D eigenvalue weighted by Crippen LogP contribution is 2.31. The van der Waals surface area contributed by atoms with Gasteiger partial charge in [-0.05, 0) is 66.5 Å². The van der Waals surface area contributed by atoms with E-state index in [1.807, 2.05) is 0 Å². The van der Waals surface area contributed by atoms with E-state index in [1.54, 1.807) is 0 Å². The van der Waals surface area contributed by atoms with Crippen molar-refractivity contribution in [1.82, 2.24) is 10.2 Å². The van der Waals surface area contributed by atoms with Crippen LogP contribution >= 0.6 is 0 Å². The molecule has 1 saturated carbocycles. The van der Waals surface area contributed by atoms with Crippen molar-refractivity contribution in [2.45, 2.75) is 76.1 Å². The predicted octanol–water partition coefficient (Wildman–Crippen LogP) is 2.41. The molecule has 0 amide bonds. The molecule has 1 aliphatic carbocycles. The van der Waals surface area contributed by atoms with Crippen LogP contribution in [-0.2, 0) is 4.74 Å². The summed E-state index contributed by atoms with van der Waals surface area (Å²) < 4.78 is 5.83. The second-order valence-corrected chi connectivity index (χ2v) is 6.71. The number of nitrogens with one attached hydrogen (secondary N) is 1. The zero-order chi connectivity index (χ0) is 13.2. The average molecular weight is 254 g/mol. The first kappa shape index (κ1) is 14.3. The van der Waals surface area contributed by atoms with Crippen LogP contribution in [0.2, 0.25) is 0 Å². The van der Waals surface area contributed by atoms with Crippen LogP contribution in [0.1, 0.15) is 52.4 Å². The van der Waals surface area contributed by atoms with Gasteiger partial charge in [0.1, 0.15) is 0 Å². The van der Waals surface area contributed by atoms with Crippen molar-refractivity contribution in [3.05, 3.63) is 0 Å². The van der Waals surface area contributed by atoms with Crippen molar-refractivity contribution in [1.29, 1.82) is 0 Å². The van der Waals surface area contributed by atoms with Gasteiger partial charge >= 0.3 is 0 Å². The SMILES string of the molecule is CNC1CCC(N(C)C2CCOC(C)(C)C2)CC1. The Hall–Kier alpha value is -0.120. The Labute approximate surface area is 112 Å². The van der Waals surface area contributed by atoms with Crippen LogP contribution in [0.4, 0.5) is 0 Å². The molecule has 2 rings (SSSR count). The van der Waals surface area contributed by atoms with Gasteiger partial charge in [0.05, 0.1) is 5.60 Å². The lowest BCUT2D eigenvalue weighted by atomic mass is 9.87. The monoisotopic (exact) mass is 254 g/mol. The van der Waals surface area contributed by atoms with E-state index >= 15 is 0 Å². The van der Waals surface area contributed by atoms with Crippen LogP contribution < -0.4 is 5.32 Å². The van der Waals surface area contributed by atoms with E-state index in [0.717, 1.165) is 18.7 Å². The molecule has 0 aromatic rings. The van der Waals surface area contributed by atoms with Gasteiger partial charge in [-0.2, -0.15) is 0 Å².